The van der Waals surface area contributed by atoms with Crippen LogP contribution in [-0.4, -0.2) is 59.1 Å². The standard InChI is InChI=1S/C26H25N3O2S.C26H25NO2S/c1-29(2)21-10-3-6-17(12-21)13-22-15-19-8-5-11-23(25(19)32-22)18-7-4-9-20(14-18)26(31)28-16-24(27)30;1-4-29-26(28)21-11-6-9-19(16-21)24-13-7-10-20-17-23(30-25(20)24)15-18-8-5-12-22(14-18)27(2)3/h3-12,14-15H,13,16H2,1-2H3,(H2,27,30)(H,28,31);5-14,16-17H,4,15H2,1-3H3. The van der Waals surface area contributed by atoms with E-state index in [0.29, 0.717) is 17.7 Å². The van der Waals surface area contributed by atoms with Crippen LogP contribution in [0.3, 0.4) is 0 Å². The first-order valence-corrected chi connectivity index (χ1v) is 22.1. The highest BCUT2D eigenvalue weighted by molar-refractivity contribution is 7.20. The first kappa shape index (κ1) is 43.3. The van der Waals surface area contributed by atoms with E-state index in [4.69, 9.17) is 10.5 Å². The van der Waals surface area contributed by atoms with Crippen LogP contribution < -0.4 is 20.9 Å². The number of amides is 2. The van der Waals surface area contributed by atoms with Gasteiger partial charge >= 0.3 is 5.97 Å². The van der Waals surface area contributed by atoms with Crippen LogP contribution in [0.1, 0.15) is 48.5 Å². The number of nitrogens with one attached hydrogen (secondary N) is 1. The fourth-order valence-electron chi connectivity index (χ4n) is 7.28. The molecule has 0 spiro atoms. The van der Waals surface area contributed by atoms with Gasteiger partial charge in [0.15, 0.2) is 0 Å². The third-order valence-electron chi connectivity index (χ3n) is 10.3. The third-order valence-corrected chi connectivity index (χ3v) is 12.7. The molecule has 10 heteroatoms. The van der Waals surface area contributed by atoms with Crippen molar-refractivity contribution in [3.8, 4) is 22.3 Å². The molecule has 2 heterocycles. The van der Waals surface area contributed by atoms with Crippen LogP contribution in [0.4, 0.5) is 11.4 Å². The summed E-state index contributed by atoms with van der Waals surface area (Å²) >= 11 is 3.60. The van der Waals surface area contributed by atoms with Gasteiger partial charge in [0, 0.05) is 77.1 Å². The molecule has 0 saturated heterocycles. The number of fused-ring (bicyclic) bond motifs is 2. The second-order valence-corrected chi connectivity index (χ2v) is 17.7. The number of nitrogens with zero attached hydrogens (tertiary/aromatic N) is 2. The lowest BCUT2D eigenvalue weighted by molar-refractivity contribution is -0.117. The van der Waals surface area contributed by atoms with E-state index in [1.807, 2.05) is 68.8 Å². The lowest BCUT2D eigenvalue weighted by Gasteiger charge is -2.13. The summed E-state index contributed by atoms with van der Waals surface area (Å²) in [7, 11) is 8.23. The summed E-state index contributed by atoms with van der Waals surface area (Å²) in [5, 5.41) is 4.97. The molecule has 2 aromatic heterocycles. The van der Waals surface area contributed by atoms with Crippen LogP contribution in [-0.2, 0) is 22.4 Å². The van der Waals surface area contributed by atoms with Crippen molar-refractivity contribution in [3.05, 3.63) is 178 Å². The minimum Gasteiger partial charge on any atom is -0.462 e. The maximum atomic E-state index is 12.4. The van der Waals surface area contributed by atoms with E-state index in [-0.39, 0.29) is 18.4 Å². The van der Waals surface area contributed by atoms with Crippen molar-refractivity contribution in [2.45, 2.75) is 19.8 Å². The zero-order chi connectivity index (χ0) is 43.8. The van der Waals surface area contributed by atoms with E-state index < -0.39 is 5.91 Å². The summed E-state index contributed by atoms with van der Waals surface area (Å²) in [6, 6.07) is 49.5. The normalized spacial score (nSPS) is 10.9. The molecular weight excluding hydrogens is 809 g/mol. The van der Waals surface area contributed by atoms with E-state index in [0.717, 1.165) is 35.1 Å². The van der Waals surface area contributed by atoms with Gasteiger partial charge in [-0.2, -0.15) is 0 Å². The number of ether oxygens (including phenoxy) is 1. The molecule has 6 aromatic carbocycles. The van der Waals surface area contributed by atoms with Gasteiger partial charge in [0.25, 0.3) is 5.91 Å². The predicted molar refractivity (Wildman–Crippen MR) is 259 cm³/mol. The summed E-state index contributed by atoms with van der Waals surface area (Å²) in [6.45, 7) is 2.02. The molecule has 0 saturated carbocycles. The topological polar surface area (TPSA) is 105 Å². The van der Waals surface area contributed by atoms with Crippen LogP contribution in [0.2, 0.25) is 0 Å². The number of rotatable bonds is 13. The van der Waals surface area contributed by atoms with Crippen molar-refractivity contribution in [1.82, 2.24) is 5.32 Å². The molecule has 0 atom stereocenters. The van der Waals surface area contributed by atoms with Gasteiger partial charge < -0.3 is 25.6 Å². The Kier molecular flexibility index (Phi) is 13.8. The summed E-state index contributed by atoms with van der Waals surface area (Å²) in [4.78, 5) is 42.3. The Morgan fingerprint density at radius 1 is 0.581 bits per heavy atom. The monoisotopic (exact) mass is 858 g/mol. The van der Waals surface area contributed by atoms with Crippen molar-refractivity contribution in [2.24, 2.45) is 5.73 Å². The number of esters is 1. The number of carbonyl (C=O) groups is 3. The second kappa shape index (κ2) is 19.8. The molecule has 0 radical (unpaired) electrons. The average molecular weight is 859 g/mol. The van der Waals surface area contributed by atoms with Gasteiger partial charge in [0.1, 0.15) is 0 Å². The third kappa shape index (κ3) is 10.6. The maximum Gasteiger partial charge on any atom is 0.338 e. The molecule has 0 aliphatic carbocycles. The molecule has 3 N–H and O–H groups in total. The van der Waals surface area contributed by atoms with E-state index in [9.17, 15) is 14.4 Å². The Morgan fingerprint density at radius 3 is 1.53 bits per heavy atom. The molecule has 8 nitrogen and oxygen atoms in total. The quantitative estimate of drug-likeness (QED) is 0.112. The lowest BCUT2D eigenvalue weighted by Crippen LogP contribution is -2.33. The van der Waals surface area contributed by atoms with Gasteiger partial charge in [-0.1, -0.05) is 84.9 Å². The van der Waals surface area contributed by atoms with E-state index in [1.165, 1.54) is 52.4 Å². The van der Waals surface area contributed by atoms with E-state index in [1.54, 1.807) is 23.5 Å². The highest BCUT2D eigenvalue weighted by Gasteiger charge is 2.14. The van der Waals surface area contributed by atoms with Crippen molar-refractivity contribution >= 4 is 72.0 Å². The number of hydrogen-bond acceptors (Lipinski definition) is 8. The highest BCUT2D eigenvalue weighted by Crippen LogP contribution is 2.38. The maximum absolute atomic E-state index is 12.4. The molecule has 0 aliphatic rings. The molecule has 314 valence electrons. The number of hydrogen-bond donors (Lipinski definition) is 2. The van der Waals surface area contributed by atoms with Gasteiger partial charge in [-0.25, -0.2) is 4.79 Å². The first-order chi connectivity index (χ1) is 29.9. The van der Waals surface area contributed by atoms with Gasteiger partial charge in [-0.3, -0.25) is 9.59 Å². The first-order valence-electron chi connectivity index (χ1n) is 20.5. The van der Waals surface area contributed by atoms with Crippen molar-refractivity contribution in [3.63, 3.8) is 0 Å². The number of carbonyl (C=O) groups excluding carboxylic acids is 3. The zero-order valence-corrected chi connectivity index (χ0v) is 37.2. The molecule has 0 bridgehead atoms. The Balaban J connectivity index is 0.000000187. The number of nitrogens with two attached hydrogens (primary N) is 1. The van der Waals surface area contributed by atoms with Crippen LogP contribution in [0.5, 0.6) is 0 Å². The summed E-state index contributed by atoms with van der Waals surface area (Å²) in [5.41, 5.74) is 15.4. The van der Waals surface area contributed by atoms with Crippen molar-refractivity contribution in [2.75, 3.05) is 51.1 Å². The molecule has 0 aliphatic heterocycles. The number of primary amides is 1. The SMILES string of the molecule is CCOC(=O)c1cccc(-c2cccc3cc(Cc4cccc(N(C)C)c4)sc23)c1.CN(C)c1cccc(Cc2cc3cccc(-c4cccc(C(=O)NCC(N)=O)c4)c3s2)c1. The second-order valence-electron chi connectivity index (χ2n) is 15.4. The minimum atomic E-state index is -0.568. The summed E-state index contributed by atoms with van der Waals surface area (Å²) < 4.78 is 7.61. The molecule has 0 unspecified atom stereocenters. The summed E-state index contributed by atoms with van der Waals surface area (Å²) in [5.74, 6) is -1.16. The highest BCUT2D eigenvalue weighted by atomic mass is 32.1. The Labute approximate surface area is 371 Å². The van der Waals surface area contributed by atoms with E-state index >= 15 is 0 Å². The Morgan fingerprint density at radius 2 is 1.05 bits per heavy atom. The van der Waals surface area contributed by atoms with Gasteiger partial charge in [0.05, 0.1) is 18.7 Å². The molecule has 0 fully saturated rings. The Hall–Kier alpha value is -6.75. The smallest absolute Gasteiger partial charge is 0.338 e. The van der Waals surface area contributed by atoms with E-state index in [2.05, 4.69) is 126 Å². The van der Waals surface area contributed by atoms with Gasteiger partial charge in [-0.05, 0) is 112 Å². The number of anilines is 2. The average Bonchev–Trinajstić information content (AvgIpc) is 3.89. The fourth-order valence-corrected chi connectivity index (χ4v) is 9.73. The molecule has 62 heavy (non-hydrogen) atoms. The van der Waals surface area contributed by atoms with Crippen LogP contribution in [0.15, 0.2) is 146 Å². The molecule has 8 aromatic rings. The largest absolute Gasteiger partial charge is 0.462 e. The predicted octanol–water partition coefficient (Wildman–Crippen LogP) is 10.8. The fraction of sp³-hybridized carbons (Fsp3) is 0.173. The molecular formula is C52H50N4O4S2. The Bertz CT molecular complexity index is 2880. The van der Waals surface area contributed by atoms with Crippen LogP contribution >= 0.6 is 22.7 Å². The van der Waals surface area contributed by atoms with Gasteiger partial charge in [-0.15, -0.1) is 22.7 Å². The van der Waals surface area contributed by atoms with Crippen LogP contribution in [0, 0.1) is 0 Å². The summed E-state index contributed by atoms with van der Waals surface area (Å²) in [6.07, 6.45) is 1.78. The number of thiophene rings is 2. The van der Waals surface area contributed by atoms with Gasteiger partial charge in [0.2, 0.25) is 5.91 Å². The zero-order valence-electron chi connectivity index (χ0n) is 35.6. The lowest BCUT2D eigenvalue weighted by atomic mass is 10.0. The van der Waals surface area contributed by atoms with Crippen molar-refractivity contribution in [1.29, 1.82) is 0 Å². The van der Waals surface area contributed by atoms with Crippen LogP contribution in [0.25, 0.3) is 42.4 Å². The van der Waals surface area contributed by atoms with Crippen molar-refractivity contribution < 1.29 is 19.1 Å². The molecule has 8 rings (SSSR count). The minimum absolute atomic E-state index is 0.179. The molecule has 2 amide bonds. The number of benzene rings is 6.